The number of nitrogens with two attached hydrogens (primary N) is 1. The summed E-state index contributed by atoms with van der Waals surface area (Å²) in [6.45, 7) is 6.91. The first-order valence-corrected chi connectivity index (χ1v) is 9.19. The number of allylic oxidation sites excluding steroid dienone is 1. The maximum absolute atomic E-state index is 9.80. The Bertz CT molecular complexity index is 895. The standard InChI is InChI=1S/C20H24N4O3/c1-4-8-14-17-16(13(11-21)19(22)27-20(17)24-23-14)12-9-7-10-15(25-5-2)18(12)26-6-3/h7,9-10,16H,4-6,8,22H2,1-3H3,(H,23,24). The molecule has 1 aromatic carbocycles. The number of nitriles is 1. The van der Waals surface area contributed by atoms with Gasteiger partial charge in [-0.1, -0.05) is 25.5 Å². The number of hydrogen-bond acceptors (Lipinski definition) is 6. The second kappa shape index (κ2) is 8.04. The number of fused-ring (bicyclic) bond motifs is 1. The molecule has 0 amide bonds. The fraction of sp³-hybridized carbons (Fsp3) is 0.400. The van der Waals surface area contributed by atoms with Crippen LogP contribution in [0.3, 0.4) is 0 Å². The summed E-state index contributed by atoms with van der Waals surface area (Å²) in [5, 5.41) is 17.1. The summed E-state index contributed by atoms with van der Waals surface area (Å²) in [5.74, 6) is 1.30. The van der Waals surface area contributed by atoms with Gasteiger partial charge in [0.15, 0.2) is 11.5 Å². The van der Waals surface area contributed by atoms with Crippen molar-refractivity contribution in [2.75, 3.05) is 13.2 Å². The predicted molar refractivity (Wildman–Crippen MR) is 101 cm³/mol. The van der Waals surface area contributed by atoms with Gasteiger partial charge in [-0.05, 0) is 26.3 Å². The minimum absolute atomic E-state index is 0.0637. The first-order valence-electron chi connectivity index (χ1n) is 9.19. The first kappa shape index (κ1) is 18.6. The van der Waals surface area contributed by atoms with Crippen LogP contribution in [0.1, 0.15) is 49.9 Å². The average molecular weight is 368 g/mol. The van der Waals surface area contributed by atoms with E-state index < -0.39 is 5.92 Å². The van der Waals surface area contributed by atoms with Crippen molar-refractivity contribution in [2.24, 2.45) is 5.73 Å². The van der Waals surface area contributed by atoms with E-state index in [0.29, 0.717) is 36.2 Å². The van der Waals surface area contributed by atoms with Crippen molar-refractivity contribution >= 4 is 0 Å². The van der Waals surface area contributed by atoms with Crippen molar-refractivity contribution in [1.82, 2.24) is 10.2 Å². The Kier molecular flexibility index (Phi) is 5.55. The maximum atomic E-state index is 9.80. The molecule has 0 saturated carbocycles. The van der Waals surface area contributed by atoms with Crippen LogP contribution in [0, 0.1) is 11.3 Å². The van der Waals surface area contributed by atoms with Gasteiger partial charge in [0.1, 0.15) is 11.6 Å². The van der Waals surface area contributed by atoms with Crippen LogP contribution < -0.4 is 19.9 Å². The van der Waals surface area contributed by atoms with Crippen molar-refractivity contribution in [1.29, 1.82) is 5.26 Å². The van der Waals surface area contributed by atoms with Crippen LogP contribution in [0.5, 0.6) is 17.4 Å². The molecule has 1 aromatic heterocycles. The minimum Gasteiger partial charge on any atom is -0.490 e. The van der Waals surface area contributed by atoms with Crippen LogP contribution in [0.15, 0.2) is 29.7 Å². The first-order chi connectivity index (χ1) is 13.2. The second-order valence-electron chi connectivity index (χ2n) is 6.14. The van der Waals surface area contributed by atoms with Gasteiger partial charge in [-0.25, -0.2) is 0 Å². The van der Waals surface area contributed by atoms with Crippen molar-refractivity contribution < 1.29 is 14.2 Å². The molecule has 2 heterocycles. The molecule has 142 valence electrons. The van der Waals surface area contributed by atoms with Gasteiger partial charge in [-0.15, -0.1) is 5.10 Å². The van der Waals surface area contributed by atoms with Gasteiger partial charge in [0.2, 0.25) is 11.8 Å². The van der Waals surface area contributed by atoms with E-state index in [0.717, 1.165) is 29.7 Å². The molecule has 0 fully saturated rings. The smallest absolute Gasteiger partial charge is 0.244 e. The zero-order valence-corrected chi connectivity index (χ0v) is 15.8. The number of ether oxygens (including phenoxy) is 3. The molecule has 3 N–H and O–H groups in total. The number of aryl methyl sites for hydroxylation is 1. The van der Waals surface area contributed by atoms with Crippen molar-refractivity contribution in [2.45, 2.75) is 39.5 Å². The van der Waals surface area contributed by atoms with Gasteiger partial charge in [0, 0.05) is 11.3 Å². The third-order valence-electron chi connectivity index (χ3n) is 4.43. The summed E-state index contributed by atoms with van der Waals surface area (Å²) in [7, 11) is 0. The molecule has 3 rings (SSSR count). The fourth-order valence-electron chi connectivity index (χ4n) is 3.39. The van der Waals surface area contributed by atoms with Crippen molar-refractivity contribution in [3.8, 4) is 23.4 Å². The number of aromatic nitrogens is 2. The molecule has 2 aromatic rings. The lowest BCUT2D eigenvalue weighted by molar-refractivity contribution is 0.284. The molecule has 0 spiro atoms. The van der Waals surface area contributed by atoms with Gasteiger partial charge in [-0.2, -0.15) is 5.26 Å². The van der Waals surface area contributed by atoms with Crippen molar-refractivity contribution in [3.05, 3.63) is 46.5 Å². The highest BCUT2D eigenvalue weighted by molar-refractivity contribution is 5.61. The van der Waals surface area contributed by atoms with Gasteiger partial charge in [-0.3, -0.25) is 5.10 Å². The predicted octanol–water partition coefficient (Wildman–Crippen LogP) is 3.38. The quantitative estimate of drug-likeness (QED) is 0.776. The lowest BCUT2D eigenvalue weighted by Gasteiger charge is -2.26. The Hall–Kier alpha value is -3.14. The second-order valence-corrected chi connectivity index (χ2v) is 6.14. The minimum atomic E-state index is -0.430. The van der Waals surface area contributed by atoms with Gasteiger partial charge >= 0.3 is 0 Å². The highest BCUT2D eigenvalue weighted by Crippen LogP contribution is 2.48. The Morgan fingerprint density at radius 1 is 1.26 bits per heavy atom. The normalized spacial score (nSPS) is 15.7. The molecular weight excluding hydrogens is 344 g/mol. The molecule has 0 radical (unpaired) electrons. The van der Waals surface area contributed by atoms with Crippen LogP contribution >= 0.6 is 0 Å². The van der Waals surface area contributed by atoms with Gasteiger partial charge < -0.3 is 19.9 Å². The SMILES string of the molecule is CCCc1[nH]nc2c1C(c1cccc(OCC)c1OCC)C(C#N)=C(N)O2. The van der Waals surface area contributed by atoms with E-state index in [-0.39, 0.29) is 5.88 Å². The molecule has 1 aliphatic rings. The largest absolute Gasteiger partial charge is 0.490 e. The molecule has 7 heteroatoms. The fourth-order valence-corrected chi connectivity index (χ4v) is 3.39. The van der Waals surface area contributed by atoms with E-state index in [1.807, 2.05) is 32.0 Å². The molecule has 1 atom stereocenters. The molecule has 0 saturated heterocycles. The Morgan fingerprint density at radius 2 is 2.04 bits per heavy atom. The van der Waals surface area contributed by atoms with Crippen LogP contribution in [0.2, 0.25) is 0 Å². The van der Waals surface area contributed by atoms with Crippen LogP contribution in [0.4, 0.5) is 0 Å². The number of rotatable bonds is 7. The van der Waals surface area contributed by atoms with Crippen LogP contribution in [-0.4, -0.2) is 23.4 Å². The summed E-state index contributed by atoms with van der Waals surface area (Å²) in [6.07, 6.45) is 1.72. The van der Waals surface area contributed by atoms with Gasteiger partial charge in [0.25, 0.3) is 0 Å². The van der Waals surface area contributed by atoms with Crippen molar-refractivity contribution in [3.63, 3.8) is 0 Å². The number of nitrogens with zero attached hydrogens (tertiary/aromatic N) is 2. The lowest BCUT2D eigenvalue weighted by atomic mass is 9.83. The number of aromatic amines is 1. The summed E-state index contributed by atoms with van der Waals surface area (Å²) in [5.41, 5.74) is 8.96. The molecule has 0 bridgehead atoms. The number of benzene rings is 1. The summed E-state index contributed by atoms with van der Waals surface area (Å²) >= 11 is 0. The molecular formula is C20H24N4O3. The van der Waals surface area contributed by atoms with E-state index in [1.165, 1.54) is 0 Å². The van der Waals surface area contributed by atoms with E-state index >= 15 is 0 Å². The number of H-pyrrole nitrogens is 1. The zero-order chi connectivity index (χ0) is 19.4. The number of nitrogens with one attached hydrogen (secondary N) is 1. The van der Waals surface area contributed by atoms with E-state index in [2.05, 4.69) is 23.2 Å². The summed E-state index contributed by atoms with van der Waals surface area (Å²) in [4.78, 5) is 0. The average Bonchev–Trinajstić information content (AvgIpc) is 3.05. The molecule has 1 aliphatic heterocycles. The zero-order valence-electron chi connectivity index (χ0n) is 15.8. The summed E-state index contributed by atoms with van der Waals surface area (Å²) < 4.78 is 17.3. The van der Waals surface area contributed by atoms with E-state index in [4.69, 9.17) is 19.9 Å². The Labute approximate surface area is 158 Å². The molecule has 1 unspecified atom stereocenters. The molecule has 7 nitrogen and oxygen atoms in total. The topological polar surface area (TPSA) is 106 Å². The Balaban J connectivity index is 2.25. The third-order valence-corrected chi connectivity index (χ3v) is 4.43. The highest BCUT2D eigenvalue weighted by atomic mass is 16.5. The lowest BCUT2D eigenvalue weighted by Crippen LogP contribution is -2.22. The van der Waals surface area contributed by atoms with Crippen LogP contribution in [0.25, 0.3) is 0 Å². The maximum Gasteiger partial charge on any atom is 0.244 e. The van der Waals surface area contributed by atoms with E-state index in [9.17, 15) is 5.26 Å². The highest BCUT2D eigenvalue weighted by Gasteiger charge is 2.37. The van der Waals surface area contributed by atoms with E-state index in [1.54, 1.807) is 0 Å². The summed E-state index contributed by atoms with van der Waals surface area (Å²) in [6, 6.07) is 7.90. The Morgan fingerprint density at radius 3 is 2.70 bits per heavy atom. The third kappa shape index (κ3) is 3.31. The monoisotopic (exact) mass is 368 g/mol. The van der Waals surface area contributed by atoms with Crippen LogP contribution in [-0.2, 0) is 6.42 Å². The van der Waals surface area contributed by atoms with Gasteiger partial charge in [0.05, 0.1) is 24.7 Å². The number of hydrogen-bond donors (Lipinski definition) is 2. The number of para-hydroxylation sites is 1. The molecule has 0 aliphatic carbocycles. The molecule has 27 heavy (non-hydrogen) atoms.